The van der Waals surface area contributed by atoms with Gasteiger partial charge in [0.25, 0.3) is 0 Å². The van der Waals surface area contributed by atoms with Gasteiger partial charge in [0.05, 0.1) is 12.2 Å². The van der Waals surface area contributed by atoms with Crippen molar-refractivity contribution in [1.29, 1.82) is 0 Å². The maximum atomic E-state index is 5.92. The van der Waals surface area contributed by atoms with E-state index in [1.54, 1.807) is 0 Å². The Balaban J connectivity index is 1.66. The molecular formula is C13H13Br2N3O. The van der Waals surface area contributed by atoms with Crippen LogP contribution in [0.4, 0.5) is 0 Å². The Hall–Kier alpha value is -0.880. The summed E-state index contributed by atoms with van der Waals surface area (Å²) in [5.74, 6) is 0.981. The number of hydrogen-bond acceptors (Lipinski definition) is 3. The number of aryl methyl sites for hydroxylation is 1. The molecule has 1 aromatic heterocycles. The average molecular weight is 387 g/mol. The van der Waals surface area contributed by atoms with E-state index >= 15 is 0 Å². The molecule has 1 aromatic carbocycles. The third kappa shape index (κ3) is 3.00. The Morgan fingerprint density at radius 3 is 3.16 bits per heavy atom. The van der Waals surface area contributed by atoms with Gasteiger partial charge in [0.15, 0.2) is 0 Å². The summed E-state index contributed by atoms with van der Waals surface area (Å²) in [7, 11) is 0. The van der Waals surface area contributed by atoms with E-state index in [1.165, 1.54) is 5.56 Å². The second-order valence-corrected chi connectivity index (χ2v) is 6.28. The van der Waals surface area contributed by atoms with E-state index in [0.29, 0.717) is 0 Å². The zero-order chi connectivity index (χ0) is 13.2. The molecule has 0 amide bonds. The van der Waals surface area contributed by atoms with Gasteiger partial charge in [-0.2, -0.15) is 0 Å². The highest BCUT2D eigenvalue weighted by Gasteiger charge is 2.23. The van der Waals surface area contributed by atoms with Crippen LogP contribution >= 0.6 is 31.9 Å². The van der Waals surface area contributed by atoms with Crippen molar-refractivity contribution < 1.29 is 4.74 Å². The van der Waals surface area contributed by atoms with E-state index in [9.17, 15) is 0 Å². The van der Waals surface area contributed by atoms with Gasteiger partial charge in [-0.3, -0.25) is 0 Å². The maximum absolute atomic E-state index is 5.92. The highest BCUT2D eigenvalue weighted by molar-refractivity contribution is 9.10. The lowest BCUT2D eigenvalue weighted by Gasteiger charge is -2.09. The molecule has 19 heavy (non-hydrogen) atoms. The molecule has 6 heteroatoms. The van der Waals surface area contributed by atoms with Crippen LogP contribution in [-0.4, -0.2) is 26.4 Å². The number of benzene rings is 1. The molecule has 0 spiro atoms. The van der Waals surface area contributed by atoms with Gasteiger partial charge in [0.2, 0.25) is 0 Å². The van der Waals surface area contributed by atoms with Crippen LogP contribution < -0.4 is 4.74 Å². The van der Waals surface area contributed by atoms with Crippen molar-refractivity contribution in [2.24, 2.45) is 0 Å². The largest absolute Gasteiger partial charge is 0.488 e. The standard InChI is InChI=1S/C13H13Br2N3O/c14-4-3-11-7-18(17-16-11)8-12-6-9-5-10(15)1-2-13(9)19-12/h1-2,5,7,12H,3-4,6,8H2. The monoisotopic (exact) mass is 385 g/mol. The van der Waals surface area contributed by atoms with E-state index in [-0.39, 0.29) is 6.10 Å². The Labute approximate surface area is 128 Å². The molecule has 0 aliphatic carbocycles. The first kappa shape index (κ1) is 13.1. The van der Waals surface area contributed by atoms with Crippen LogP contribution in [0.5, 0.6) is 5.75 Å². The third-order valence-electron chi connectivity index (χ3n) is 3.09. The zero-order valence-corrected chi connectivity index (χ0v) is 13.4. The summed E-state index contributed by atoms with van der Waals surface area (Å²) in [6.45, 7) is 0.738. The highest BCUT2D eigenvalue weighted by Crippen LogP contribution is 2.31. The predicted octanol–water partition coefficient (Wildman–Crippen LogP) is 2.98. The van der Waals surface area contributed by atoms with Gasteiger partial charge < -0.3 is 4.74 Å². The summed E-state index contributed by atoms with van der Waals surface area (Å²) in [5.41, 5.74) is 2.26. The van der Waals surface area contributed by atoms with Crippen molar-refractivity contribution in [3.63, 3.8) is 0 Å². The smallest absolute Gasteiger partial charge is 0.123 e. The minimum absolute atomic E-state index is 0.142. The molecule has 0 saturated heterocycles. The van der Waals surface area contributed by atoms with Crippen molar-refractivity contribution in [2.75, 3.05) is 5.33 Å². The van der Waals surface area contributed by atoms with Crippen LogP contribution in [0.2, 0.25) is 0 Å². The molecule has 1 atom stereocenters. The summed E-state index contributed by atoms with van der Waals surface area (Å²) in [4.78, 5) is 0. The first-order valence-corrected chi connectivity index (χ1v) is 8.06. The fourth-order valence-corrected chi connectivity index (χ4v) is 3.05. The first-order valence-electron chi connectivity index (χ1n) is 6.14. The molecule has 1 unspecified atom stereocenters. The first-order chi connectivity index (χ1) is 9.24. The van der Waals surface area contributed by atoms with Gasteiger partial charge in [0.1, 0.15) is 11.9 Å². The molecule has 4 nitrogen and oxygen atoms in total. The lowest BCUT2D eigenvalue weighted by atomic mass is 10.1. The fraction of sp³-hybridized carbons (Fsp3) is 0.385. The van der Waals surface area contributed by atoms with Gasteiger partial charge in [0, 0.05) is 28.8 Å². The SMILES string of the molecule is BrCCc1cn(CC2Cc3cc(Br)ccc3O2)nn1. The average Bonchev–Trinajstić information content (AvgIpc) is 2.96. The van der Waals surface area contributed by atoms with Gasteiger partial charge in [-0.15, -0.1) is 5.10 Å². The number of halogens is 2. The predicted molar refractivity (Wildman–Crippen MR) is 79.8 cm³/mol. The van der Waals surface area contributed by atoms with Gasteiger partial charge >= 0.3 is 0 Å². The molecule has 1 aliphatic rings. The summed E-state index contributed by atoms with van der Waals surface area (Å²) in [6.07, 6.45) is 3.95. The molecular weight excluding hydrogens is 374 g/mol. The number of hydrogen-bond donors (Lipinski definition) is 0. The number of fused-ring (bicyclic) bond motifs is 1. The summed E-state index contributed by atoms with van der Waals surface area (Å²) in [5, 5.41) is 9.17. The lowest BCUT2D eigenvalue weighted by Crippen LogP contribution is -2.21. The van der Waals surface area contributed by atoms with E-state index in [0.717, 1.165) is 40.6 Å². The minimum Gasteiger partial charge on any atom is -0.488 e. The molecule has 0 saturated carbocycles. The Morgan fingerprint density at radius 2 is 2.32 bits per heavy atom. The van der Waals surface area contributed by atoms with E-state index in [4.69, 9.17) is 4.74 Å². The number of ether oxygens (including phenoxy) is 1. The van der Waals surface area contributed by atoms with Crippen LogP contribution in [0.1, 0.15) is 11.3 Å². The number of aromatic nitrogens is 3. The minimum atomic E-state index is 0.142. The van der Waals surface area contributed by atoms with Crippen LogP contribution in [0.15, 0.2) is 28.9 Å². The quantitative estimate of drug-likeness (QED) is 0.758. The second kappa shape index (κ2) is 5.63. The summed E-state index contributed by atoms with van der Waals surface area (Å²) >= 11 is 6.89. The summed E-state index contributed by atoms with van der Waals surface area (Å²) in [6, 6.07) is 6.13. The zero-order valence-electron chi connectivity index (χ0n) is 10.2. The van der Waals surface area contributed by atoms with Crippen molar-refractivity contribution >= 4 is 31.9 Å². The van der Waals surface area contributed by atoms with Crippen LogP contribution in [0, 0.1) is 0 Å². The van der Waals surface area contributed by atoms with E-state index < -0.39 is 0 Å². The molecule has 0 N–H and O–H groups in total. The third-order valence-corrected chi connectivity index (χ3v) is 3.98. The molecule has 100 valence electrons. The fourth-order valence-electron chi connectivity index (χ4n) is 2.24. The molecule has 1 aliphatic heterocycles. The van der Waals surface area contributed by atoms with Crippen molar-refractivity contribution in [3.05, 3.63) is 40.1 Å². The Kier molecular flexibility index (Phi) is 3.88. The second-order valence-electron chi connectivity index (χ2n) is 4.57. The Morgan fingerprint density at radius 1 is 1.42 bits per heavy atom. The number of nitrogens with zero attached hydrogens (tertiary/aromatic N) is 3. The van der Waals surface area contributed by atoms with Crippen molar-refractivity contribution in [2.45, 2.75) is 25.5 Å². The molecule has 0 fully saturated rings. The molecule has 3 rings (SSSR count). The number of rotatable bonds is 4. The van der Waals surface area contributed by atoms with E-state index in [1.807, 2.05) is 23.0 Å². The maximum Gasteiger partial charge on any atom is 0.123 e. The van der Waals surface area contributed by atoms with Crippen molar-refractivity contribution in [3.8, 4) is 5.75 Å². The van der Waals surface area contributed by atoms with Crippen molar-refractivity contribution in [1.82, 2.24) is 15.0 Å². The highest BCUT2D eigenvalue weighted by atomic mass is 79.9. The summed E-state index contributed by atoms with van der Waals surface area (Å²) < 4.78 is 8.87. The molecule has 2 aromatic rings. The van der Waals surface area contributed by atoms with Gasteiger partial charge in [-0.25, -0.2) is 4.68 Å². The normalized spacial score (nSPS) is 17.3. The lowest BCUT2D eigenvalue weighted by molar-refractivity contribution is 0.202. The topological polar surface area (TPSA) is 39.9 Å². The van der Waals surface area contributed by atoms with Crippen LogP contribution in [0.25, 0.3) is 0 Å². The van der Waals surface area contributed by atoms with Crippen LogP contribution in [-0.2, 0) is 19.4 Å². The Bertz CT molecular complexity index is 585. The van der Waals surface area contributed by atoms with Gasteiger partial charge in [-0.05, 0) is 23.8 Å². The molecule has 2 heterocycles. The van der Waals surface area contributed by atoms with Gasteiger partial charge in [-0.1, -0.05) is 37.1 Å². The number of alkyl halides is 1. The molecule has 0 radical (unpaired) electrons. The molecule has 0 bridgehead atoms. The van der Waals surface area contributed by atoms with Crippen LogP contribution in [0.3, 0.4) is 0 Å². The van der Waals surface area contributed by atoms with E-state index in [2.05, 4.69) is 48.2 Å².